The molecule has 0 spiro atoms. The summed E-state index contributed by atoms with van der Waals surface area (Å²) in [5.41, 5.74) is 6.85. The Morgan fingerprint density at radius 1 is 1.50 bits per heavy atom. The summed E-state index contributed by atoms with van der Waals surface area (Å²) in [5.74, 6) is 1.52. The normalized spacial score (nSPS) is 27.9. The fraction of sp³-hybridized carbons (Fsp3) is 0.727. The maximum atomic E-state index is 5.75. The molecule has 1 fully saturated rings. The molecule has 0 radical (unpaired) electrons. The molecule has 2 rings (SSSR count). The van der Waals surface area contributed by atoms with Gasteiger partial charge in [0.2, 0.25) is 0 Å². The molecule has 0 aromatic carbocycles. The van der Waals surface area contributed by atoms with Gasteiger partial charge >= 0.3 is 0 Å². The van der Waals surface area contributed by atoms with E-state index in [9.17, 15) is 0 Å². The standard InChI is InChI=1S/C11H19N3/c1-8-4-3-5-10(6-8)14-7-9(2)11(12)13-14/h7-8,10H,3-6H2,1-2H3,(H2,12,13). The van der Waals surface area contributed by atoms with Gasteiger partial charge in [0.1, 0.15) is 5.82 Å². The van der Waals surface area contributed by atoms with Crippen LogP contribution in [-0.4, -0.2) is 9.78 Å². The molecule has 1 saturated carbocycles. The van der Waals surface area contributed by atoms with Crippen LogP contribution in [-0.2, 0) is 0 Å². The van der Waals surface area contributed by atoms with E-state index in [0.29, 0.717) is 11.9 Å². The summed E-state index contributed by atoms with van der Waals surface area (Å²) in [7, 11) is 0. The Labute approximate surface area is 85.3 Å². The van der Waals surface area contributed by atoms with Crippen LogP contribution in [0.4, 0.5) is 5.82 Å². The van der Waals surface area contributed by atoms with Gasteiger partial charge in [0.15, 0.2) is 0 Å². The van der Waals surface area contributed by atoms with E-state index in [1.165, 1.54) is 25.7 Å². The third-order valence-corrected chi connectivity index (χ3v) is 3.24. The van der Waals surface area contributed by atoms with Gasteiger partial charge in [-0.1, -0.05) is 19.8 Å². The lowest BCUT2D eigenvalue weighted by atomic mass is 9.87. The van der Waals surface area contributed by atoms with Crippen molar-refractivity contribution in [2.24, 2.45) is 5.92 Å². The van der Waals surface area contributed by atoms with Gasteiger partial charge in [-0.2, -0.15) is 5.10 Å². The van der Waals surface area contributed by atoms with Crippen LogP contribution in [0.5, 0.6) is 0 Å². The summed E-state index contributed by atoms with van der Waals surface area (Å²) in [6.07, 6.45) is 7.28. The first-order valence-electron chi connectivity index (χ1n) is 5.48. The lowest BCUT2D eigenvalue weighted by Gasteiger charge is -2.26. The molecule has 3 heteroatoms. The van der Waals surface area contributed by atoms with Crippen molar-refractivity contribution in [3.8, 4) is 0 Å². The molecule has 1 aliphatic rings. The topological polar surface area (TPSA) is 43.8 Å². The van der Waals surface area contributed by atoms with Crippen LogP contribution in [0.25, 0.3) is 0 Å². The first-order chi connectivity index (χ1) is 6.66. The Kier molecular flexibility index (Phi) is 2.48. The van der Waals surface area contributed by atoms with E-state index in [1.807, 2.05) is 6.92 Å². The van der Waals surface area contributed by atoms with Gasteiger partial charge in [0, 0.05) is 11.8 Å². The van der Waals surface area contributed by atoms with E-state index >= 15 is 0 Å². The number of rotatable bonds is 1. The number of nitrogens with zero attached hydrogens (tertiary/aromatic N) is 2. The number of nitrogens with two attached hydrogens (primary N) is 1. The van der Waals surface area contributed by atoms with Crippen LogP contribution in [0, 0.1) is 12.8 Å². The molecule has 14 heavy (non-hydrogen) atoms. The van der Waals surface area contributed by atoms with Crippen LogP contribution in [0.2, 0.25) is 0 Å². The third kappa shape index (κ3) is 1.76. The molecule has 2 N–H and O–H groups in total. The van der Waals surface area contributed by atoms with E-state index in [1.54, 1.807) is 0 Å². The number of aryl methyl sites for hydroxylation is 1. The molecule has 3 nitrogen and oxygen atoms in total. The smallest absolute Gasteiger partial charge is 0.148 e. The zero-order chi connectivity index (χ0) is 10.1. The van der Waals surface area contributed by atoms with Gasteiger partial charge in [-0.05, 0) is 25.7 Å². The number of hydrogen-bond acceptors (Lipinski definition) is 2. The lowest BCUT2D eigenvalue weighted by Crippen LogP contribution is -2.18. The molecule has 78 valence electrons. The molecular formula is C11H19N3. The van der Waals surface area contributed by atoms with E-state index in [2.05, 4.69) is 22.9 Å². The third-order valence-electron chi connectivity index (χ3n) is 3.24. The predicted molar refractivity (Wildman–Crippen MR) is 58.0 cm³/mol. The van der Waals surface area contributed by atoms with Gasteiger partial charge in [-0.15, -0.1) is 0 Å². The molecule has 1 aromatic heterocycles. The van der Waals surface area contributed by atoms with Gasteiger partial charge in [-0.3, -0.25) is 4.68 Å². The minimum Gasteiger partial charge on any atom is -0.382 e. The van der Waals surface area contributed by atoms with Gasteiger partial charge in [0.25, 0.3) is 0 Å². The van der Waals surface area contributed by atoms with Crippen molar-refractivity contribution in [3.63, 3.8) is 0 Å². The summed E-state index contributed by atoms with van der Waals surface area (Å²) >= 11 is 0. The largest absolute Gasteiger partial charge is 0.382 e. The van der Waals surface area contributed by atoms with E-state index in [4.69, 9.17) is 5.73 Å². The average Bonchev–Trinajstić information content (AvgIpc) is 2.47. The molecule has 0 bridgehead atoms. The highest BCUT2D eigenvalue weighted by molar-refractivity contribution is 5.35. The number of anilines is 1. The molecule has 0 aliphatic heterocycles. The highest BCUT2D eigenvalue weighted by Crippen LogP contribution is 2.32. The summed E-state index contributed by atoms with van der Waals surface area (Å²) in [6, 6.07) is 0.578. The zero-order valence-electron chi connectivity index (χ0n) is 9.03. The summed E-state index contributed by atoms with van der Waals surface area (Å²) in [6.45, 7) is 4.34. The van der Waals surface area contributed by atoms with Crippen LogP contribution in [0.1, 0.15) is 44.2 Å². The second-order valence-electron chi connectivity index (χ2n) is 4.60. The van der Waals surface area contributed by atoms with Crippen LogP contribution in [0.15, 0.2) is 6.20 Å². The van der Waals surface area contributed by atoms with E-state index < -0.39 is 0 Å². The first kappa shape index (κ1) is 9.56. The van der Waals surface area contributed by atoms with Gasteiger partial charge < -0.3 is 5.73 Å². The van der Waals surface area contributed by atoms with Crippen molar-refractivity contribution in [3.05, 3.63) is 11.8 Å². The summed E-state index contributed by atoms with van der Waals surface area (Å²) in [4.78, 5) is 0. The molecule has 2 atom stereocenters. The number of nitrogen functional groups attached to an aromatic ring is 1. The van der Waals surface area contributed by atoms with Crippen molar-refractivity contribution >= 4 is 5.82 Å². The highest BCUT2D eigenvalue weighted by atomic mass is 15.3. The first-order valence-corrected chi connectivity index (χ1v) is 5.48. The predicted octanol–water partition coefficient (Wildman–Crippen LogP) is 2.52. The zero-order valence-corrected chi connectivity index (χ0v) is 9.03. The van der Waals surface area contributed by atoms with Crippen LogP contribution in [0.3, 0.4) is 0 Å². The van der Waals surface area contributed by atoms with E-state index in [0.717, 1.165) is 11.5 Å². The fourth-order valence-corrected chi connectivity index (χ4v) is 2.33. The molecule has 0 saturated heterocycles. The molecule has 2 unspecified atom stereocenters. The van der Waals surface area contributed by atoms with Crippen molar-refractivity contribution in [2.45, 2.75) is 45.6 Å². The number of hydrogen-bond donors (Lipinski definition) is 1. The van der Waals surface area contributed by atoms with E-state index in [-0.39, 0.29) is 0 Å². The summed E-state index contributed by atoms with van der Waals surface area (Å²) in [5, 5.41) is 4.36. The van der Waals surface area contributed by atoms with Crippen molar-refractivity contribution in [1.29, 1.82) is 0 Å². The minimum absolute atomic E-state index is 0.578. The molecular weight excluding hydrogens is 174 g/mol. The maximum absolute atomic E-state index is 5.75. The second-order valence-corrected chi connectivity index (χ2v) is 4.60. The molecule has 1 aromatic rings. The van der Waals surface area contributed by atoms with Crippen molar-refractivity contribution in [1.82, 2.24) is 9.78 Å². The Bertz CT molecular complexity index is 297. The number of aromatic nitrogens is 2. The monoisotopic (exact) mass is 193 g/mol. The average molecular weight is 193 g/mol. The Balaban J connectivity index is 2.14. The minimum atomic E-state index is 0.578. The van der Waals surface area contributed by atoms with Crippen molar-refractivity contribution < 1.29 is 0 Å². The summed E-state index contributed by atoms with van der Waals surface area (Å²) < 4.78 is 2.07. The SMILES string of the molecule is Cc1cn(C2CCCC(C)C2)nc1N. The Morgan fingerprint density at radius 2 is 2.29 bits per heavy atom. The quantitative estimate of drug-likeness (QED) is 0.744. The van der Waals surface area contributed by atoms with Gasteiger partial charge in [-0.25, -0.2) is 0 Å². The Morgan fingerprint density at radius 3 is 2.86 bits per heavy atom. The molecule has 0 amide bonds. The Hall–Kier alpha value is -0.990. The van der Waals surface area contributed by atoms with Gasteiger partial charge in [0.05, 0.1) is 6.04 Å². The highest BCUT2D eigenvalue weighted by Gasteiger charge is 2.21. The second kappa shape index (κ2) is 3.64. The maximum Gasteiger partial charge on any atom is 0.148 e. The van der Waals surface area contributed by atoms with Crippen LogP contribution >= 0.6 is 0 Å². The lowest BCUT2D eigenvalue weighted by molar-refractivity contribution is 0.267. The molecule has 1 heterocycles. The fourth-order valence-electron chi connectivity index (χ4n) is 2.33. The molecule has 1 aliphatic carbocycles. The van der Waals surface area contributed by atoms with Crippen molar-refractivity contribution in [2.75, 3.05) is 5.73 Å². The van der Waals surface area contributed by atoms with Crippen LogP contribution < -0.4 is 5.73 Å².